The normalized spacial score (nSPS) is 10.4. The van der Waals surface area contributed by atoms with Crippen LogP contribution in [0.2, 0.25) is 0 Å². The number of benzene rings is 1. The number of fused-ring (bicyclic) bond motifs is 1. The SMILES string of the molecule is COc1ccc2cc(C=O)sc2c1C. The van der Waals surface area contributed by atoms with Gasteiger partial charge in [0.1, 0.15) is 5.75 Å². The van der Waals surface area contributed by atoms with E-state index < -0.39 is 0 Å². The Labute approximate surface area is 86.1 Å². The average Bonchev–Trinajstić information content (AvgIpc) is 2.62. The summed E-state index contributed by atoms with van der Waals surface area (Å²) in [4.78, 5) is 11.4. The van der Waals surface area contributed by atoms with Gasteiger partial charge in [0.15, 0.2) is 6.29 Å². The van der Waals surface area contributed by atoms with Crippen molar-refractivity contribution in [1.82, 2.24) is 0 Å². The van der Waals surface area contributed by atoms with Crippen molar-refractivity contribution in [3.8, 4) is 5.75 Å². The number of carbonyl (C=O) groups excluding carboxylic acids is 1. The summed E-state index contributed by atoms with van der Waals surface area (Å²) in [5, 5.41) is 1.11. The van der Waals surface area contributed by atoms with E-state index in [4.69, 9.17) is 4.74 Å². The molecule has 2 rings (SSSR count). The summed E-state index contributed by atoms with van der Waals surface area (Å²) < 4.78 is 6.35. The molecule has 0 aliphatic carbocycles. The van der Waals surface area contributed by atoms with Crippen LogP contribution in [-0.4, -0.2) is 13.4 Å². The molecule has 0 saturated carbocycles. The van der Waals surface area contributed by atoms with Crippen molar-refractivity contribution in [1.29, 1.82) is 0 Å². The Hall–Kier alpha value is -1.35. The first kappa shape index (κ1) is 9.21. The van der Waals surface area contributed by atoms with Crippen LogP contribution >= 0.6 is 11.3 Å². The molecule has 14 heavy (non-hydrogen) atoms. The van der Waals surface area contributed by atoms with Crippen LogP contribution in [0.1, 0.15) is 15.2 Å². The lowest BCUT2D eigenvalue weighted by atomic mass is 10.1. The highest BCUT2D eigenvalue weighted by Gasteiger charge is 2.07. The third-order valence-corrected chi connectivity index (χ3v) is 3.44. The van der Waals surface area contributed by atoms with Gasteiger partial charge in [-0.3, -0.25) is 4.79 Å². The van der Waals surface area contributed by atoms with E-state index in [-0.39, 0.29) is 0 Å². The van der Waals surface area contributed by atoms with Crippen LogP contribution in [0.15, 0.2) is 18.2 Å². The number of hydrogen-bond acceptors (Lipinski definition) is 3. The van der Waals surface area contributed by atoms with Gasteiger partial charge in [0.2, 0.25) is 0 Å². The largest absolute Gasteiger partial charge is 0.496 e. The van der Waals surface area contributed by atoms with Crippen LogP contribution in [0.5, 0.6) is 5.75 Å². The van der Waals surface area contributed by atoms with Gasteiger partial charge in [-0.2, -0.15) is 0 Å². The Morgan fingerprint density at radius 3 is 2.86 bits per heavy atom. The summed E-state index contributed by atoms with van der Waals surface area (Å²) in [6.07, 6.45) is 0.885. The molecular formula is C11H10O2S. The minimum Gasteiger partial charge on any atom is -0.496 e. The second-order valence-corrected chi connectivity index (χ2v) is 4.16. The predicted molar refractivity (Wildman–Crippen MR) is 58.5 cm³/mol. The van der Waals surface area contributed by atoms with E-state index in [9.17, 15) is 4.79 Å². The van der Waals surface area contributed by atoms with Gasteiger partial charge in [-0.1, -0.05) is 0 Å². The Bertz CT molecular complexity index is 485. The van der Waals surface area contributed by atoms with E-state index in [0.717, 1.165) is 32.6 Å². The number of hydrogen-bond donors (Lipinski definition) is 0. The van der Waals surface area contributed by atoms with Crippen molar-refractivity contribution >= 4 is 27.7 Å². The fraction of sp³-hybridized carbons (Fsp3) is 0.182. The third kappa shape index (κ3) is 1.30. The van der Waals surface area contributed by atoms with Gasteiger partial charge in [-0.05, 0) is 30.5 Å². The molecule has 0 unspecified atom stereocenters. The van der Waals surface area contributed by atoms with Gasteiger partial charge in [0, 0.05) is 10.3 Å². The number of rotatable bonds is 2. The number of ether oxygens (including phenoxy) is 1. The predicted octanol–water partition coefficient (Wildman–Crippen LogP) is 3.03. The second-order valence-electron chi connectivity index (χ2n) is 3.08. The van der Waals surface area contributed by atoms with E-state index in [1.807, 2.05) is 25.1 Å². The molecule has 0 aliphatic rings. The van der Waals surface area contributed by atoms with Crippen LogP contribution in [0.3, 0.4) is 0 Å². The molecule has 72 valence electrons. The molecule has 3 heteroatoms. The Kier molecular flexibility index (Phi) is 2.25. The van der Waals surface area contributed by atoms with E-state index >= 15 is 0 Å². The zero-order valence-corrected chi connectivity index (χ0v) is 8.85. The van der Waals surface area contributed by atoms with Crippen molar-refractivity contribution in [2.24, 2.45) is 0 Å². The fourth-order valence-electron chi connectivity index (χ4n) is 1.52. The molecule has 0 bridgehead atoms. The Morgan fingerprint density at radius 1 is 1.43 bits per heavy atom. The summed E-state index contributed by atoms with van der Waals surface area (Å²) in [6.45, 7) is 2.01. The number of aryl methyl sites for hydroxylation is 1. The highest BCUT2D eigenvalue weighted by molar-refractivity contribution is 7.20. The smallest absolute Gasteiger partial charge is 0.160 e. The monoisotopic (exact) mass is 206 g/mol. The van der Waals surface area contributed by atoms with Gasteiger partial charge < -0.3 is 4.74 Å². The first-order valence-corrected chi connectivity index (χ1v) is 5.10. The fourth-order valence-corrected chi connectivity index (χ4v) is 2.49. The van der Waals surface area contributed by atoms with Crippen LogP contribution in [0.25, 0.3) is 10.1 Å². The molecule has 0 radical (unpaired) electrons. The first-order valence-electron chi connectivity index (χ1n) is 4.28. The van der Waals surface area contributed by atoms with Crippen molar-refractivity contribution in [3.63, 3.8) is 0 Å². The molecule has 2 aromatic rings. The maximum Gasteiger partial charge on any atom is 0.160 e. The number of aldehydes is 1. The lowest BCUT2D eigenvalue weighted by Crippen LogP contribution is -1.85. The molecule has 0 spiro atoms. The van der Waals surface area contributed by atoms with E-state index in [1.54, 1.807) is 7.11 Å². The number of methoxy groups -OCH3 is 1. The Morgan fingerprint density at radius 2 is 2.21 bits per heavy atom. The molecule has 0 N–H and O–H groups in total. The zero-order chi connectivity index (χ0) is 10.1. The van der Waals surface area contributed by atoms with Gasteiger partial charge >= 0.3 is 0 Å². The highest BCUT2D eigenvalue weighted by atomic mass is 32.1. The van der Waals surface area contributed by atoms with Crippen LogP contribution in [-0.2, 0) is 0 Å². The lowest BCUT2D eigenvalue weighted by Gasteiger charge is -2.03. The molecule has 1 heterocycles. The maximum absolute atomic E-state index is 10.6. The zero-order valence-electron chi connectivity index (χ0n) is 8.03. The summed E-state index contributed by atoms with van der Waals surface area (Å²) in [5.41, 5.74) is 1.10. The molecular weight excluding hydrogens is 196 g/mol. The maximum atomic E-state index is 10.6. The van der Waals surface area contributed by atoms with Gasteiger partial charge in [-0.15, -0.1) is 11.3 Å². The van der Waals surface area contributed by atoms with Crippen LogP contribution < -0.4 is 4.74 Å². The number of thiophene rings is 1. The lowest BCUT2D eigenvalue weighted by molar-refractivity contribution is 0.112. The van der Waals surface area contributed by atoms with Gasteiger partial charge in [-0.25, -0.2) is 0 Å². The molecule has 0 atom stereocenters. The summed E-state index contributed by atoms with van der Waals surface area (Å²) in [7, 11) is 1.66. The van der Waals surface area contributed by atoms with Crippen LogP contribution in [0, 0.1) is 6.92 Å². The standard InChI is InChI=1S/C11H10O2S/c1-7-10(13-2)4-3-8-5-9(6-12)14-11(7)8/h3-6H,1-2H3. The quantitative estimate of drug-likeness (QED) is 0.706. The molecule has 0 fully saturated rings. The average molecular weight is 206 g/mol. The highest BCUT2D eigenvalue weighted by Crippen LogP contribution is 2.32. The summed E-state index contributed by atoms with van der Waals surface area (Å²) >= 11 is 1.51. The van der Waals surface area contributed by atoms with Crippen molar-refractivity contribution in [3.05, 3.63) is 28.6 Å². The number of carbonyl (C=O) groups is 1. The van der Waals surface area contributed by atoms with E-state index in [0.29, 0.717) is 0 Å². The third-order valence-electron chi connectivity index (χ3n) is 2.24. The molecule has 0 saturated heterocycles. The van der Waals surface area contributed by atoms with Gasteiger partial charge in [0.25, 0.3) is 0 Å². The molecule has 1 aromatic carbocycles. The second kappa shape index (κ2) is 3.42. The molecule has 1 aromatic heterocycles. The van der Waals surface area contributed by atoms with Crippen molar-refractivity contribution in [2.75, 3.05) is 7.11 Å². The van der Waals surface area contributed by atoms with E-state index in [2.05, 4.69) is 0 Å². The molecule has 0 aliphatic heterocycles. The molecule has 2 nitrogen and oxygen atoms in total. The van der Waals surface area contributed by atoms with Crippen LogP contribution in [0.4, 0.5) is 0 Å². The molecule has 0 amide bonds. The van der Waals surface area contributed by atoms with Crippen molar-refractivity contribution in [2.45, 2.75) is 6.92 Å². The van der Waals surface area contributed by atoms with Crippen molar-refractivity contribution < 1.29 is 9.53 Å². The first-order chi connectivity index (χ1) is 6.76. The summed E-state index contributed by atoms with van der Waals surface area (Å²) in [6, 6.07) is 5.81. The minimum absolute atomic E-state index is 0.761. The summed E-state index contributed by atoms with van der Waals surface area (Å²) in [5.74, 6) is 0.872. The minimum atomic E-state index is 0.761. The van der Waals surface area contributed by atoms with Gasteiger partial charge in [0.05, 0.1) is 12.0 Å². The topological polar surface area (TPSA) is 26.3 Å². The Balaban J connectivity index is 2.74. The van der Waals surface area contributed by atoms with E-state index in [1.165, 1.54) is 11.3 Å².